The van der Waals surface area contributed by atoms with Gasteiger partial charge in [0.05, 0.1) is 0 Å². The van der Waals surface area contributed by atoms with Gasteiger partial charge in [-0.1, -0.05) is 6.07 Å². The third kappa shape index (κ3) is 2.49. The lowest BCUT2D eigenvalue weighted by Crippen LogP contribution is -2.14. The van der Waals surface area contributed by atoms with Crippen molar-refractivity contribution in [2.24, 2.45) is 5.73 Å². The summed E-state index contributed by atoms with van der Waals surface area (Å²) in [4.78, 5) is 15.5. The molecule has 0 atom stereocenters. The predicted octanol–water partition coefficient (Wildman–Crippen LogP) is 2.30. The zero-order chi connectivity index (χ0) is 14.0. The topological polar surface area (TPSA) is 85.4 Å². The largest absolute Gasteiger partial charge is 0.508 e. The van der Waals surface area contributed by atoms with Crippen LogP contribution >= 0.6 is 0 Å². The van der Waals surface area contributed by atoms with Crippen molar-refractivity contribution in [1.82, 2.24) is 4.98 Å². The zero-order valence-corrected chi connectivity index (χ0v) is 10.7. The summed E-state index contributed by atoms with van der Waals surface area (Å²) in [5.41, 5.74) is 6.83. The summed E-state index contributed by atoms with van der Waals surface area (Å²) in [5.74, 6) is 0.0889. The molecule has 2 rings (SSSR count). The Morgan fingerprint density at radius 2 is 2.05 bits per heavy atom. The Balaban J connectivity index is 2.47. The summed E-state index contributed by atoms with van der Waals surface area (Å²) in [7, 11) is 0. The Hall–Kier alpha value is -2.56. The van der Waals surface area contributed by atoms with Crippen LogP contribution in [0.3, 0.4) is 0 Å². The summed E-state index contributed by atoms with van der Waals surface area (Å²) < 4.78 is 5.59. The number of carbonyl (C=O) groups excluding carboxylic acids is 1. The van der Waals surface area contributed by atoms with Crippen molar-refractivity contribution in [3.63, 3.8) is 0 Å². The van der Waals surface area contributed by atoms with Crippen LogP contribution in [0.15, 0.2) is 30.5 Å². The second-order valence-corrected chi connectivity index (χ2v) is 4.17. The number of amides is 1. The van der Waals surface area contributed by atoms with Crippen LogP contribution in [0.2, 0.25) is 0 Å². The van der Waals surface area contributed by atoms with Gasteiger partial charge in [0.2, 0.25) is 5.88 Å². The van der Waals surface area contributed by atoms with E-state index in [9.17, 15) is 9.90 Å². The number of carbonyl (C=O) groups is 1. The van der Waals surface area contributed by atoms with Gasteiger partial charge in [-0.3, -0.25) is 4.79 Å². The number of ether oxygens (including phenoxy) is 1. The Bertz CT molecular complexity index is 639. The fraction of sp³-hybridized carbons (Fsp3) is 0.143. The number of aromatic hydroxyl groups is 1. The van der Waals surface area contributed by atoms with E-state index in [1.54, 1.807) is 38.1 Å². The molecular weight excluding hydrogens is 244 g/mol. The van der Waals surface area contributed by atoms with Gasteiger partial charge in [-0.25, -0.2) is 4.98 Å². The molecule has 0 bridgehead atoms. The maximum atomic E-state index is 11.4. The normalized spacial score (nSPS) is 10.2. The molecule has 0 saturated carbocycles. The average molecular weight is 258 g/mol. The minimum Gasteiger partial charge on any atom is -0.508 e. The molecule has 0 spiro atoms. The summed E-state index contributed by atoms with van der Waals surface area (Å²) in [6, 6.07) is 6.57. The van der Waals surface area contributed by atoms with Crippen LogP contribution in [-0.2, 0) is 0 Å². The first-order chi connectivity index (χ1) is 9.00. The lowest BCUT2D eigenvalue weighted by Gasteiger charge is -2.12. The SMILES string of the molecule is Cc1ccnc(Oc2cccc(O)c2C)c1C(N)=O. The summed E-state index contributed by atoms with van der Waals surface area (Å²) in [6.45, 7) is 3.47. The number of aryl methyl sites for hydroxylation is 1. The first kappa shape index (κ1) is 12.9. The smallest absolute Gasteiger partial charge is 0.254 e. The number of aromatic nitrogens is 1. The monoisotopic (exact) mass is 258 g/mol. The molecule has 0 aliphatic heterocycles. The van der Waals surface area contributed by atoms with Crippen LogP contribution in [0, 0.1) is 13.8 Å². The number of pyridine rings is 1. The molecule has 1 aromatic carbocycles. The van der Waals surface area contributed by atoms with E-state index >= 15 is 0 Å². The maximum absolute atomic E-state index is 11.4. The standard InChI is InChI=1S/C14H14N2O3/c1-8-6-7-16-14(12(8)13(15)18)19-11-5-3-4-10(17)9(11)2/h3-7,17H,1-2H3,(H2,15,18). The number of rotatable bonds is 3. The molecule has 0 radical (unpaired) electrons. The second kappa shape index (κ2) is 4.97. The highest BCUT2D eigenvalue weighted by molar-refractivity contribution is 5.96. The van der Waals surface area contributed by atoms with E-state index in [1.165, 1.54) is 6.20 Å². The minimum absolute atomic E-state index is 0.116. The molecule has 1 amide bonds. The van der Waals surface area contributed by atoms with Gasteiger partial charge in [-0.15, -0.1) is 0 Å². The Morgan fingerprint density at radius 3 is 2.74 bits per heavy atom. The maximum Gasteiger partial charge on any atom is 0.254 e. The van der Waals surface area contributed by atoms with Crippen molar-refractivity contribution >= 4 is 5.91 Å². The fourth-order valence-electron chi connectivity index (χ4n) is 1.73. The second-order valence-electron chi connectivity index (χ2n) is 4.17. The minimum atomic E-state index is -0.599. The van der Waals surface area contributed by atoms with Gasteiger partial charge in [0, 0.05) is 11.8 Å². The van der Waals surface area contributed by atoms with Gasteiger partial charge < -0.3 is 15.6 Å². The van der Waals surface area contributed by atoms with E-state index in [1.807, 2.05) is 0 Å². The first-order valence-corrected chi connectivity index (χ1v) is 5.72. The van der Waals surface area contributed by atoms with E-state index in [0.29, 0.717) is 16.9 Å². The van der Waals surface area contributed by atoms with Crippen molar-refractivity contribution < 1.29 is 14.6 Å². The third-order valence-electron chi connectivity index (χ3n) is 2.83. The Labute approximate surface area is 110 Å². The van der Waals surface area contributed by atoms with E-state index < -0.39 is 5.91 Å². The molecule has 3 N–H and O–H groups in total. The molecule has 0 saturated heterocycles. The first-order valence-electron chi connectivity index (χ1n) is 5.72. The quantitative estimate of drug-likeness (QED) is 0.884. The lowest BCUT2D eigenvalue weighted by atomic mass is 10.1. The number of primary amides is 1. The van der Waals surface area contributed by atoms with Gasteiger partial charge in [-0.2, -0.15) is 0 Å². The Kier molecular flexibility index (Phi) is 3.37. The molecule has 5 nitrogen and oxygen atoms in total. The molecule has 19 heavy (non-hydrogen) atoms. The molecule has 5 heteroatoms. The highest BCUT2D eigenvalue weighted by Crippen LogP contribution is 2.31. The number of nitrogens with zero attached hydrogens (tertiary/aromatic N) is 1. The van der Waals surface area contributed by atoms with E-state index in [-0.39, 0.29) is 17.2 Å². The Morgan fingerprint density at radius 1 is 1.32 bits per heavy atom. The summed E-state index contributed by atoms with van der Waals surface area (Å²) in [6.07, 6.45) is 1.54. The number of phenolic OH excluding ortho intramolecular Hbond substituents is 1. The zero-order valence-electron chi connectivity index (χ0n) is 10.7. The van der Waals surface area contributed by atoms with Gasteiger partial charge in [0.1, 0.15) is 17.1 Å². The van der Waals surface area contributed by atoms with Crippen molar-refractivity contribution in [3.8, 4) is 17.4 Å². The van der Waals surface area contributed by atoms with Crippen molar-refractivity contribution in [2.45, 2.75) is 13.8 Å². The van der Waals surface area contributed by atoms with Gasteiger partial charge in [-0.05, 0) is 37.6 Å². The van der Waals surface area contributed by atoms with E-state index in [0.717, 1.165) is 0 Å². The fourth-order valence-corrected chi connectivity index (χ4v) is 1.73. The third-order valence-corrected chi connectivity index (χ3v) is 2.83. The van der Waals surface area contributed by atoms with Crippen LogP contribution < -0.4 is 10.5 Å². The molecule has 0 aliphatic carbocycles. The molecule has 98 valence electrons. The van der Waals surface area contributed by atoms with E-state index in [2.05, 4.69) is 4.98 Å². The molecule has 0 fully saturated rings. The van der Waals surface area contributed by atoms with Crippen LogP contribution in [0.5, 0.6) is 17.4 Å². The molecule has 0 aliphatic rings. The molecule has 0 unspecified atom stereocenters. The number of phenols is 1. The van der Waals surface area contributed by atoms with Gasteiger partial charge in [0.15, 0.2) is 0 Å². The van der Waals surface area contributed by atoms with Gasteiger partial charge in [0.25, 0.3) is 5.91 Å². The summed E-state index contributed by atoms with van der Waals surface area (Å²) in [5, 5.41) is 9.62. The number of nitrogens with two attached hydrogens (primary N) is 1. The number of benzene rings is 1. The highest BCUT2D eigenvalue weighted by atomic mass is 16.5. The number of hydrogen-bond acceptors (Lipinski definition) is 4. The van der Waals surface area contributed by atoms with Crippen molar-refractivity contribution in [1.29, 1.82) is 0 Å². The van der Waals surface area contributed by atoms with Crippen molar-refractivity contribution in [3.05, 3.63) is 47.2 Å². The van der Waals surface area contributed by atoms with Crippen LogP contribution in [0.4, 0.5) is 0 Å². The van der Waals surface area contributed by atoms with Crippen LogP contribution in [0.1, 0.15) is 21.5 Å². The molecular formula is C14H14N2O3. The van der Waals surface area contributed by atoms with Gasteiger partial charge >= 0.3 is 0 Å². The lowest BCUT2D eigenvalue weighted by molar-refractivity contribution is 0.0997. The highest BCUT2D eigenvalue weighted by Gasteiger charge is 2.16. The predicted molar refractivity (Wildman–Crippen MR) is 70.4 cm³/mol. The van der Waals surface area contributed by atoms with Crippen molar-refractivity contribution in [2.75, 3.05) is 0 Å². The molecule has 1 aromatic heterocycles. The molecule has 2 aromatic rings. The summed E-state index contributed by atoms with van der Waals surface area (Å²) >= 11 is 0. The van der Waals surface area contributed by atoms with E-state index in [4.69, 9.17) is 10.5 Å². The number of hydrogen-bond donors (Lipinski definition) is 2. The molecule has 1 heterocycles. The average Bonchev–Trinajstić information content (AvgIpc) is 2.34. The van der Waals surface area contributed by atoms with Crippen LogP contribution in [0.25, 0.3) is 0 Å². The van der Waals surface area contributed by atoms with Crippen LogP contribution in [-0.4, -0.2) is 16.0 Å².